The molecule has 0 bridgehead atoms. The Morgan fingerprint density at radius 1 is 1.46 bits per heavy atom. The van der Waals surface area contributed by atoms with Gasteiger partial charge in [-0.05, 0) is 43.4 Å². The van der Waals surface area contributed by atoms with Crippen molar-refractivity contribution in [1.82, 2.24) is 0 Å². The molecule has 1 nitrogen and oxygen atoms in total. The third-order valence-electron chi connectivity index (χ3n) is 4.26. The molecule has 0 aromatic carbocycles. The summed E-state index contributed by atoms with van der Waals surface area (Å²) in [5.74, 6) is 0.806. The molecule has 1 saturated carbocycles. The van der Waals surface area contributed by atoms with Crippen LogP contribution in [0, 0.1) is 11.3 Å². The van der Waals surface area contributed by atoms with Crippen molar-refractivity contribution in [3.8, 4) is 0 Å². The highest BCUT2D eigenvalue weighted by molar-refractivity contribution is 5.21. The van der Waals surface area contributed by atoms with Crippen molar-refractivity contribution in [2.45, 2.75) is 52.1 Å². The van der Waals surface area contributed by atoms with Gasteiger partial charge in [0.2, 0.25) is 0 Å². The summed E-state index contributed by atoms with van der Waals surface area (Å²) < 4.78 is 0. The zero-order valence-corrected chi connectivity index (χ0v) is 8.71. The number of fused-ring (bicyclic) bond motifs is 1. The van der Waals surface area contributed by atoms with Gasteiger partial charge in [0.15, 0.2) is 0 Å². The minimum atomic E-state index is -0.0652. The summed E-state index contributed by atoms with van der Waals surface area (Å²) in [5, 5.41) is 9.61. The Kier molecular flexibility index (Phi) is 2.23. The van der Waals surface area contributed by atoms with Gasteiger partial charge in [0.05, 0.1) is 6.10 Å². The van der Waals surface area contributed by atoms with Crippen molar-refractivity contribution in [2.75, 3.05) is 0 Å². The molecule has 3 unspecified atom stereocenters. The lowest BCUT2D eigenvalue weighted by Crippen LogP contribution is -2.36. The Morgan fingerprint density at radius 2 is 2.23 bits per heavy atom. The molecule has 0 aromatic heterocycles. The predicted octanol–water partition coefficient (Wildman–Crippen LogP) is 2.89. The molecule has 0 aromatic rings. The van der Waals surface area contributed by atoms with E-state index >= 15 is 0 Å². The van der Waals surface area contributed by atoms with E-state index in [9.17, 15) is 5.11 Å². The van der Waals surface area contributed by atoms with Crippen LogP contribution in [-0.2, 0) is 0 Å². The molecule has 1 heteroatoms. The van der Waals surface area contributed by atoms with Gasteiger partial charge in [-0.15, -0.1) is 0 Å². The van der Waals surface area contributed by atoms with Gasteiger partial charge in [0, 0.05) is 0 Å². The summed E-state index contributed by atoms with van der Waals surface area (Å²) in [6, 6.07) is 0. The van der Waals surface area contributed by atoms with Gasteiger partial charge >= 0.3 is 0 Å². The van der Waals surface area contributed by atoms with Gasteiger partial charge in [-0.2, -0.15) is 0 Å². The van der Waals surface area contributed by atoms with Crippen LogP contribution in [0.2, 0.25) is 0 Å². The molecular formula is C12H20O. The first-order valence-electron chi connectivity index (χ1n) is 5.50. The first-order chi connectivity index (χ1) is 6.13. The Morgan fingerprint density at radius 3 is 3.00 bits per heavy atom. The molecule has 74 valence electrons. The molecule has 1 N–H and O–H groups in total. The topological polar surface area (TPSA) is 20.2 Å². The fraction of sp³-hybridized carbons (Fsp3) is 0.833. The summed E-state index contributed by atoms with van der Waals surface area (Å²) >= 11 is 0. The molecule has 2 aliphatic carbocycles. The van der Waals surface area contributed by atoms with E-state index in [0.717, 1.165) is 18.8 Å². The monoisotopic (exact) mass is 180 g/mol. The maximum Gasteiger partial charge on any atom is 0.0577 e. The van der Waals surface area contributed by atoms with Crippen LogP contribution in [0.25, 0.3) is 0 Å². The van der Waals surface area contributed by atoms with Crippen molar-refractivity contribution in [3.05, 3.63) is 11.6 Å². The van der Waals surface area contributed by atoms with Crippen LogP contribution in [0.5, 0.6) is 0 Å². The Labute approximate surface area is 80.8 Å². The number of rotatable bonds is 0. The van der Waals surface area contributed by atoms with E-state index in [1.165, 1.54) is 24.8 Å². The van der Waals surface area contributed by atoms with Gasteiger partial charge in [0.1, 0.15) is 0 Å². The Balaban J connectivity index is 2.25. The smallest absolute Gasteiger partial charge is 0.0577 e. The van der Waals surface area contributed by atoms with E-state index in [-0.39, 0.29) is 6.10 Å². The number of aliphatic hydroxyl groups excluding tert-OH is 1. The van der Waals surface area contributed by atoms with Gasteiger partial charge in [0.25, 0.3) is 0 Å². The van der Waals surface area contributed by atoms with Crippen molar-refractivity contribution in [1.29, 1.82) is 0 Å². The zero-order valence-electron chi connectivity index (χ0n) is 8.71. The minimum absolute atomic E-state index is 0.0652. The molecule has 0 aliphatic heterocycles. The molecule has 0 radical (unpaired) electrons. The Hall–Kier alpha value is -0.300. The van der Waals surface area contributed by atoms with E-state index in [1.54, 1.807) is 0 Å². The third kappa shape index (κ3) is 1.43. The molecular weight excluding hydrogens is 160 g/mol. The second-order valence-electron chi connectivity index (χ2n) is 5.02. The van der Waals surface area contributed by atoms with Crippen LogP contribution < -0.4 is 0 Å². The quantitative estimate of drug-likeness (QED) is 0.568. The molecule has 0 heterocycles. The number of allylic oxidation sites excluding steroid dienone is 1. The highest BCUT2D eigenvalue weighted by Gasteiger charge is 2.40. The SMILES string of the molecule is CC1CCC=C2CC(O)CCC21C. The summed E-state index contributed by atoms with van der Waals surface area (Å²) in [7, 11) is 0. The molecule has 3 atom stereocenters. The van der Waals surface area contributed by atoms with Crippen LogP contribution in [0.15, 0.2) is 11.6 Å². The second-order valence-corrected chi connectivity index (χ2v) is 5.02. The Bertz CT molecular complexity index is 231. The van der Waals surface area contributed by atoms with Crippen molar-refractivity contribution < 1.29 is 5.11 Å². The van der Waals surface area contributed by atoms with Gasteiger partial charge in [-0.1, -0.05) is 25.5 Å². The summed E-state index contributed by atoms with van der Waals surface area (Å²) in [6.07, 6.45) is 7.97. The molecule has 2 aliphatic rings. The minimum Gasteiger partial charge on any atom is -0.393 e. The number of hydrogen-bond acceptors (Lipinski definition) is 1. The van der Waals surface area contributed by atoms with Crippen LogP contribution in [0.1, 0.15) is 46.0 Å². The van der Waals surface area contributed by atoms with E-state index in [1.807, 2.05) is 0 Å². The molecule has 1 fully saturated rings. The van der Waals surface area contributed by atoms with Crippen LogP contribution >= 0.6 is 0 Å². The second kappa shape index (κ2) is 3.13. The van der Waals surface area contributed by atoms with Gasteiger partial charge in [-0.25, -0.2) is 0 Å². The molecule has 0 amide bonds. The largest absolute Gasteiger partial charge is 0.393 e. The fourth-order valence-electron chi connectivity index (χ4n) is 2.92. The van der Waals surface area contributed by atoms with E-state index < -0.39 is 0 Å². The molecule has 0 saturated heterocycles. The van der Waals surface area contributed by atoms with E-state index in [2.05, 4.69) is 19.9 Å². The van der Waals surface area contributed by atoms with Crippen molar-refractivity contribution >= 4 is 0 Å². The lowest BCUT2D eigenvalue weighted by molar-refractivity contribution is 0.0800. The van der Waals surface area contributed by atoms with Crippen molar-refractivity contribution in [2.24, 2.45) is 11.3 Å². The maximum atomic E-state index is 9.61. The normalized spacial score (nSPS) is 45.3. The fourth-order valence-corrected chi connectivity index (χ4v) is 2.92. The predicted molar refractivity (Wildman–Crippen MR) is 54.4 cm³/mol. The number of aliphatic hydroxyl groups is 1. The summed E-state index contributed by atoms with van der Waals surface area (Å²) in [4.78, 5) is 0. The van der Waals surface area contributed by atoms with Gasteiger partial charge < -0.3 is 5.11 Å². The van der Waals surface area contributed by atoms with Gasteiger partial charge in [-0.3, -0.25) is 0 Å². The van der Waals surface area contributed by atoms with E-state index in [4.69, 9.17) is 0 Å². The third-order valence-corrected chi connectivity index (χ3v) is 4.26. The average molecular weight is 180 g/mol. The standard InChI is InChI=1S/C12H20O/c1-9-4-3-5-10-8-11(13)6-7-12(9,10)2/h5,9,11,13H,3-4,6-8H2,1-2H3. The summed E-state index contributed by atoms with van der Waals surface area (Å²) in [6.45, 7) is 4.75. The first-order valence-corrected chi connectivity index (χ1v) is 5.50. The molecule has 0 spiro atoms. The first kappa shape index (κ1) is 9.26. The van der Waals surface area contributed by atoms with Crippen LogP contribution in [0.4, 0.5) is 0 Å². The van der Waals surface area contributed by atoms with E-state index in [0.29, 0.717) is 5.41 Å². The average Bonchev–Trinajstić information content (AvgIpc) is 2.09. The lowest BCUT2D eigenvalue weighted by atomic mass is 9.60. The highest BCUT2D eigenvalue weighted by atomic mass is 16.3. The highest BCUT2D eigenvalue weighted by Crippen LogP contribution is 2.50. The summed E-state index contributed by atoms with van der Waals surface area (Å²) in [5.41, 5.74) is 1.95. The lowest BCUT2D eigenvalue weighted by Gasteiger charge is -2.45. The maximum absolute atomic E-state index is 9.61. The van der Waals surface area contributed by atoms with Crippen molar-refractivity contribution in [3.63, 3.8) is 0 Å². The number of hydrogen-bond donors (Lipinski definition) is 1. The van der Waals surface area contributed by atoms with Crippen LogP contribution in [-0.4, -0.2) is 11.2 Å². The van der Waals surface area contributed by atoms with Crippen LogP contribution in [0.3, 0.4) is 0 Å². The molecule has 13 heavy (non-hydrogen) atoms. The molecule has 2 rings (SSSR count). The zero-order chi connectivity index (χ0) is 9.47.